The van der Waals surface area contributed by atoms with Gasteiger partial charge in [0.1, 0.15) is 5.82 Å². The smallest absolute Gasteiger partial charge is 0.216 e. The summed E-state index contributed by atoms with van der Waals surface area (Å²) in [7, 11) is 0. The third-order valence-corrected chi connectivity index (χ3v) is 1.13. The molecule has 10 heavy (non-hydrogen) atoms. The van der Waals surface area contributed by atoms with E-state index >= 15 is 0 Å². The molecule has 1 aliphatic rings. The number of aliphatic hydroxyl groups is 1. The molecule has 0 aromatic heterocycles. The number of nitrogens with zero attached hydrogens (tertiary/aromatic N) is 1. The Morgan fingerprint density at radius 3 is 2.80 bits per heavy atom. The first-order valence-electron chi connectivity index (χ1n) is 2.55. The number of nitrogens with two attached hydrogens (primary N) is 2. The van der Waals surface area contributed by atoms with E-state index in [9.17, 15) is 0 Å². The van der Waals surface area contributed by atoms with Crippen LogP contribution in [0.4, 0.5) is 0 Å². The Labute approximate surface area is 63.2 Å². The third-order valence-electron chi connectivity index (χ3n) is 0.915. The second kappa shape index (κ2) is 2.15. The van der Waals surface area contributed by atoms with E-state index < -0.39 is 5.85 Å². The first-order valence-corrected chi connectivity index (χ1v) is 3.00. The number of amidine groups is 1. The van der Waals surface area contributed by atoms with Gasteiger partial charge in [-0.05, 0) is 0 Å². The molecule has 0 radical (unpaired) electrons. The van der Waals surface area contributed by atoms with Crippen LogP contribution in [0.2, 0.25) is 0 Å². The molecule has 0 aromatic carbocycles. The van der Waals surface area contributed by atoms with Crippen molar-refractivity contribution in [2.45, 2.75) is 5.85 Å². The van der Waals surface area contributed by atoms with Crippen molar-refractivity contribution in [2.24, 2.45) is 16.5 Å². The van der Waals surface area contributed by atoms with Crippen LogP contribution in [0.3, 0.4) is 0 Å². The molecule has 0 spiro atoms. The van der Waals surface area contributed by atoms with Crippen molar-refractivity contribution in [3.8, 4) is 0 Å². The summed E-state index contributed by atoms with van der Waals surface area (Å²) in [4.78, 5) is 3.65. The highest BCUT2D eigenvalue weighted by atomic mass is 32.1. The van der Waals surface area contributed by atoms with Crippen molar-refractivity contribution in [1.29, 1.82) is 0 Å². The molecule has 1 rings (SSSR count). The first kappa shape index (κ1) is 7.39. The van der Waals surface area contributed by atoms with Crippen LogP contribution >= 0.6 is 12.6 Å². The lowest BCUT2D eigenvalue weighted by Crippen LogP contribution is -2.55. The van der Waals surface area contributed by atoms with Crippen LogP contribution in [0.1, 0.15) is 0 Å². The quantitative estimate of drug-likeness (QED) is 0.215. The van der Waals surface area contributed by atoms with Crippen LogP contribution in [-0.2, 0) is 0 Å². The number of nitrogens with one attached hydrogen (secondary N) is 1. The van der Waals surface area contributed by atoms with Gasteiger partial charge in [-0.2, -0.15) is 0 Å². The molecule has 1 atom stereocenters. The van der Waals surface area contributed by atoms with E-state index in [2.05, 4.69) is 22.9 Å². The van der Waals surface area contributed by atoms with Gasteiger partial charge in [0.2, 0.25) is 5.85 Å². The van der Waals surface area contributed by atoms with E-state index in [-0.39, 0.29) is 11.0 Å². The zero-order chi connectivity index (χ0) is 7.78. The molecule has 6 heteroatoms. The summed E-state index contributed by atoms with van der Waals surface area (Å²) < 4.78 is 0. The number of hydrogen-bond donors (Lipinski definition) is 5. The molecule has 1 heterocycles. The van der Waals surface area contributed by atoms with Crippen molar-refractivity contribution < 1.29 is 5.11 Å². The monoisotopic (exact) mass is 160 g/mol. The Bertz CT molecular complexity index is 209. The maximum Gasteiger partial charge on any atom is 0.216 e. The lowest BCUT2D eigenvalue weighted by atomic mass is 10.3. The van der Waals surface area contributed by atoms with Gasteiger partial charge in [-0.25, -0.2) is 4.99 Å². The number of aliphatic imine (C=N–C) groups is 1. The summed E-state index contributed by atoms with van der Waals surface area (Å²) in [6.45, 7) is 0. The highest BCUT2D eigenvalue weighted by molar-refractivity contribution is 7.96. The fourth-order valence-corrected chi connectivity index (χ4v) is 0.918. The van der Waals surface area contributed by atoms with Crippen LogP contribution in [0.5, 0.6) is 0 Å². The first-order chi connectivity index (χ1) is 4.49. The minimum atomic E-state index is -1.62. The van der Waals surface area contributed by atoms with Crippen molar-refractivity contribution >= 4 is 17.8 Å². The van der Waals surface area contributed by atoms with E-state index in [4.69, 9.17) is 16.6 Å². The third kappa shape index (κ3) is 1.63. The van der Waals surface area contributed by atoms with Gasteiger partial charge in [0, 0.05) is 6.08 Å². The van der Waals surface area contributed by atoms with Gasteiger partial charge in [-0.3, -0.25) is 5.73 Å². The van der Waals surface area contributed by atoms with Crippen LogP contribution in [-0.4, -0.2) is 16.1 Å². The fraction of sp³-hybridized carbons (Fsp3) is 0.250. The predicted octanol–water partition coefficient (Wildman–Crippen LogP) is -1.72. The van der Waals surface area contributed by atoms with Crippen LogP contribution in [0.15, 0.2) is 16.9 Å². The molecule has 56 valence electrons. The molecule has 0 saturated heterocycles. The Kier molecular flexibility index (Phi) is 1.59. The van der Waals surface area contributed by atoms with Crippen molar-refractivity contribution in [3.63, 3.8) is 0 Å². The zero-order valence-electron chi connectivity index (χ0n) is 5.07. The summed E-state index contributed by atoms with van der Waals surface area (Å²) >= 11 is 3.81. The van der Waals surface area contributed by atoms with E-state index in [0.29, 0.717) is 0 Å². The molecular weight excluding hydrogens is 152 g/mol. The van der Waals surface area contributed by atoms with Gasteiger partial charge in [-0.1, -0.05) is 0 Å². The molecular formula is C4H8N4OS. The topological polar surface area (TPSA) is 96.7 Å². The Morgan fingerprint density at radius 2 is 2.40 bits per heavy atom. The highest BCUT2D eigenvalue weighted by Crippen LogP contribution is 2.04. The molecule has 0 saturated carbocycles. The van der Waals surface area contributed by atoms with Crippen molar-refractivity contribution in [1.82, 2.24) is 5.32 Å². The fourth-order valence-electron chi connectivity index (χ4n) is 0.623. The largest absolute Gasteiger partial charge is 0.384 e. The minimum absolute atomic E-state index is 0.147. The average Bonchev–Trinajstić information content (AvgIpc) is 1.54. The molecule has 0 aliphatic carbocycles. The van der Waals surface area contributed by atoms with E-state index in [0.717, 1.165) is 0 Å². The lowest BCUT2D eigenvalue weighted by Gasteiger charge is -2.24. The predicted molar refractivity (Wildman–Crippen MR) is 41.0 cm³/mol. The zero-order valence-corrected chi connectivity index (χ0v) is 5.97. The maximum atomic E-state index is 9.10. The van der Waals surface area contributed by atoms with E-state index in [1.54, 1.807) is 0 Å². The number of rotatable bonds is 0. The summed E-state index contributed by atoms with van der Waals surface area (Å²) in [5, 5.41) is 11.7. The average molecular weight is 160 g/mol. The van der Waals surface area contributed by atoms with Gasteiger partial charge in [0.25, 0.3) is 0 Å². The normalized spacial score (nSPS) is 32.3. The highest BCUT2D eigenvalue weighted by Gasteiger charge is 2.22. The summed E-state index contributed by atoms with van der Waals surface area (Å²) in [5.74, 6) is -1.48. The number of hydrogen-bond acceptors (Lipinski definition) is 5. The Hall–Kier alpha value is -0.720. The SMILES string of the molecule is NC1=CC(N)(O)NC(S)=N1. The standard InChI is InChI=1S/C4H8N4OS/c5-2-1-4(6,9)8-3(10)7-2/h1,9H,5-6H2,(H2,7,8,10). The van der Waals surface area contributed by atoms with Crippen molar-refractivity contribution in [3.05, 3.63) is 11.9 Å². The van der Waals surface area contributed by atoms with Gasteiger partial charge in [0.15, 0.2) is 5.17 Å². The molecule has 0 amide bonds. The summed E-state index contributed by atoms with van der Waals surface area (Å²) in [6.07, 6.45) is 1.19. The maximum absolute atomic E-state index is 9.10. The van der Waals surface area contributed by atoms with Crippen LogP contribution in [0.25, 0.3) is 0 Å². The Morgan fingerprint density at radius 1 is 1.80 bits per heavy atom. The summed E-state index contributed by atoms with van der Waals surface area (Å²) in [6, 6.07) is 0. The van der Waals surface area contributed by atoms with Gasteiger partial charge >= 0.3 is 0 Å². The molecule has 6 N–H and O–H groups in total. The van der Waals surface area contributed by atoms with E-state index in [1.165, 1.54) is 6.08 Å². The number of thiol groups is 1. The van der Waals surface area contributed by atoms with Gasteiger partial charge < -0.3 is 16.2 Å². The molecule has 5 nitrogen and oxygen atoms in total. The second-order valence-corrected chi connectivity index (χ2v) is 2.38. The summed E-state index contributed by atoms with van der Waals surface area (Å²) in [5.41, 5.74) is 10.5. The molecule has 0 aromatic rings. The van der Waals surface area contributed by atoms with Gasteiger partial charge in [0.05, 0.1) is 0 Å². The molecule has 0 bridgehead atoms. The van der Waals surface area contributed by atoms with Crippen LogP contribution < -0.4 is 16.8 Å². The van der Waals surface area contributed by atoms with Gasteiger partial charge in [-0.15, -0.1) is 12.6 Å². The molecule has 1 aliphatic heterocycles. The van der Waals surface area contributed by atoms with Crippen LogP contribution in [0, 0.1) is 0 Å². The molecule has 0 fully saturated rings. The minimum Gasteiger partial charge on any atom is -0.384 e. The molecule has 1 unspecified atom stereocenters. The van der Waals surface area contributed by atoms with Crippen molar-refractivity contribution in [2.75, 3.05) is 0 Å². The van der Waals surface area contributed by atoms with E-state index in [1.807, 2.05) is 0 Å². The lowest BCUT2D eigenvalue weighted by molar-refractivity contribution is 0.0811. The Balaban J connectivity index is 2.88. The second-order valence-electron chi connectivity index (χ2n) is 1.95.